The molecule has 1 saturated carbocycles. The Bertz CT molecular complexity index is 384. The Kier molecular flexibility index (Phi) is 4.13. The molecule has 0 radical (unpaired) electrons. The summed E-state index contributed by atoms with van der Waals surface area (Å²) < 4.78 is 5.13. The van der Waals surface area contributed by atoms with Gasteiger partial charge in [-0.25, -0.2) is 0 Å². The summed E-state index contributed by atoms with van der Waals surface area (Å²) in [5, 5.41) is 4.08. The highest BCUT2D eigenvalue weighted by atomic mass is 35.5. The average molecular weight is 255 g/mol. The molecule has 0 unspecified atom stereocenters. The fraction of sp³-hybridized carbons (Fsp3) is 0.538. The molecule has 3 N–H and O–H groups in total. The molecular weight excluding hydrogens is 236 g/mol. The number of benzene rings is 1. The van der Waals surface area contributed by atoms with E-state index in [0.717, 1.165) is 18.5 Å². The Hall–Kier alpha value is -0.930. The van der Waals surface area contributed by atoms with E-state index < -0.39 is 0 Å². The maximum atomic E-state index is 6.10. The van der Waals surface area contributed by atoms with Crippen LogP contribution in [0.25, 0.3) is 0 Å². The van der Waals surface area contributed by atoms with Gasteiger partial charge in [-0.1, -0.05) is 24.4 Å². The van der Waals surface area contributed by atoms with Crippen molar-refractivity contribution >= 4 is 17.3 Å². The lowest BCUT2D eigenvalue weighted by Crippen LogP contribution is -2.42. The third-order valence-corrected chi connectivity index (χ3v) is 3.62. The summed E-state index contributed by atoms with van der Waals surface area (Å²) in [7, 11) is 1.62. The van der Waals surface area contributed by atoms with Crippen molar-refractivity contribution < 1.29 is 4.74 Å². The third kappa shape index (κ3) is 3.05. The Morgan fingerprint density at radius 2 is 2.12 bits per heavy atom. The molecule has 1 aliphatic carbocycles. The van der Waals surface area contributed by atoms with Crippen LogP contribution in [-0.4, -0.2) is 19.2 Å². The molecule has 2 rings (SSSR count). The van der Waals surface area contributed by atoms with Crippen LogP contribution in [0.1, 0.15) is 25.7 Å². The van der Waals surface area contributed by atoms with Crippen LogP contribution in [0.5, 0.6) is 5.75 Å². The van der Waals surface area contributed by atoms with Gasteiger partial charge >= 0.3 is 0 Å². The van der Waals surface area contributed by atoms with E-state index in [0.29, 0.717) is 16.8 Å². The third-order valence-electron chi connectivity index (χ3n) is 3.32. The number of hydrogen-bond acceptors (Lipinski definition) is 3. The summed E-state index contributed by atoms with van der Waals surface area (Å²) in [5.41, 5.74) is 7.11. The maximum absolute atomic E-state index is 6.10. The molecule has 1 aromatic carbocycles. The van der Waals surface area contributed by atoms with Crippen molar-refractivity contribution in [3.8, 4) is 5.75 Å². The first-order valence-electron chi connectivity index (χ1n) is 6.06. The standard InChI is InChI=1S/C13H19ClN2O/c1-17-13-7-6-9(8-10(13)14)16-12-5-3-2-4-11(12)15/h6-8,11-12,16H,2-5,15H2,1H3/t11-,12-/m0/s1. The lowest BCUT2D eigenvalue weighted by Gasteiger charge is -2.30. The zero-order chi connectivity index (χ0) is 12.3. The smallest absolute Gasteiger partial charge is 0.137 e. The van der Waals surface area contributed by atoms with E-state index in [9.17, 15) is 0 Å². The van der Waals surface area contributed by atoms with Gasteiger partial charge in [-0.2, -0.15) is 0 Å². The molecule has 0 aromatic heterocycles. The van der Waals surface area contributed by atoms with Crippen LogP contribution in [0, 0.1) is 0 Å². The number of nitrogens with one attached hydrogen (secondary N) is 1. The monoisotopic (exact) mass is 254 g/mol. The normalized spacial score (nSPS) is 24.4. The molecule has 1 aliphatic rings. The van der Waals surface area contributed by atoms with Crippen LogP contribution >= 0.6 is 11.6 Å². The lowest BCUT2D eigenvalue weighted by atomic mass is 9.91. The second kappa shape index (κ2) is 5.61. The van der Waals surface area contributed by atoms with Crippen LogP contribution in [0.4, 0.5) is 5.69 Å². The van der Waals surface area contributed by atoms with Crippen molar-refractivity contribution in [3.05, 3.63) is 23.2 Å². The van der Waals surface area contributed by atoms with Gasteiger partial charge in [-0.05, 0) is 31.0 Å². The number of nitrogens with two attached hydrogens (primary N) is 1. The molecule has 0 heterocycles. The van der Waals surface area contributed by atoms with Gasteiger partial charge in [0, 0.05) is 17.8 Å². The van der Waals surface area contributed by atoms with Crippen LogP contribution in [0.15, 0.2) is 18.2 Å². The molecule has 4 heteroatoms. The highest BCUT2D eigenvalue weighted by Crippen LogP contribution is 2.29. The van der Waals surface area contributed by atoms with Gasteiger partial charge in [0.05, 0.1) is 12.1 Å². The minimum Gasteiger partial charge on any atom is -0.495 e. The summed E-state index contributed by atoms with van der Waals surface area (Å²) in [6.07, 6.45) is 4.71. The molecule has 1 aromatic rings. The molecule has 0 bridgehead atoms. The molecule has 2 atom stereocenters. The quantitative estimate of drug-likeness (QED) is 0.872. The summed E-state index contributed by atoms with van der Waals surface area (Å²) in [4.78, 5) is 0. The van der Waals surface area contributed by atoms with Gasteiger partial charge in [0.15, 0.2) is 0 Å². The second-order valence-electron chi connectivity index (χ2n) is 4.55. The minimum atomic E-state index is 0.240. The molecule has 94 valence electrons. The summed E-state index contributed by atoms with van der Waals surface area (Å²) in [5.74, 6) is 0.699. The van der Waals surface area contributed by atoms with Crippen molar-refractivity contribution in [1.82, 2.24) is 0 Å². The van der Waals surface area contributed by atoms with Gasteiger partial charge < -0.3 is 15.8 Å². The number of halogens is 1. The number of ether oxygens (including phenoxy) is 1. The van der Waals surface area contributed by atoms with Crippen LogP contribution in [-0.2, 0) is 0 Å². The van der Waals surface area contributed by atoms with E-state index >= 15 is 0 Å². The van der Waals surface area contributed by atoms with E-state index in [1.54, 1.807) is 7.11 Å². The summed E-state index contributed by atoms with van der Waals surface area (Å²) in [6.45, 7) is 0. The molecule has 0 saturated heterocycles. The molecule has 17 heavy (non-hydrogen) atoms. The van der Waals surface area contributed by atoms with Gasteiger partial charge in [-0.3, -0.25) is 0 Å². The fourth-order valence-corrected chi connectivity index (χ4v) is 2.57. The molecule has 1 fully saturated rings. The van der Waals surface area contributed by atoms with Crippen molar-refractivity contribution in [2.45, 2.75) is 37.8 Å². The van der Waals surface area contributed by atoms with Gasteiger partial charge in [0.1, 0.15) is 5.75 Å². The predicted octanol–water partition coefficient (Wildman–Crippen LogP) is 3.03. The largest absolute Gasteiger partial charge is 0.495 e. The summed E-state index contributed by atoms with van der Waals surface area (Å²) >= 11 is 6.09. The average Bonchev–Trinajstić information content (AvgIpc) is 2.32. The first kappa shape index (κ1) is 12.5. The van der Waals surface area contributed by atoms with E-state index in [-0.39, 0.29) is 6.04 Å². The number of methoxy groups -OCH3 is 1. The fourth-order valence-electron chi connectivity index (χ4n) is 2.31. The van der Waals surface area contributed by atoms with E-state index in [1.165, 1.54) is 12.8 Å². The minimum absolute atomic E-state index is 0.240. The molecular formula is C13H19ClN2O. The first-order chi connectivity index (χ1) is 8.20. The predicted molar refractivity (Wildman–Crippen MR) is 71.9 cm³/mol. The highest BCUT2D eigenvalue weighted by molar-refractivity contribution is 6.32. The zero-order valence-electron chi connectivity index (χ0n) is 10.1. The zero-order valence-corrected chi connectivity index (χ0v) is 10.8. The number of hydrogen-bond donors (Lipinski definition) is 2. The maximum Gasteiger partial charge on any atom is 0.137 e. The molecule has 0 aliphatic heterocycles. The summed E-state index contributed by atoms with van der Waals surface area (Å²) in [6, 6.07) is 6.34. The van der Waals surface area contributed by atoms with Gasteiger partial charge in [0.2, 0.25) is 0 Å². The van der Waals surface area contributed by atoms with E-state index in [1.807, 2.05) is 18.2 Å². The van der Waals surface area contributed by atoms with Crippen LogP contribution in [0.2, 0.25) is 5.02 Å². The Balaban J connectivity index is 2.05. The second-order valence-corrected chi connectivity index (χ2v) is 4.96. The van der Waals surface area contributed by atoms with Crippen molar-refractivity contribution in [2.75, 3.05) is 12.4 Å². The Labute approximate surface area is 107 Å². The number of rotatable bonds is 3. The van der Waals surface area contributed by atoms with Gasteiger partial charge in [0.25, 0.3) is 0 Å². The Morgan fingerprint density at radius 1 is 1.35 bits per heavy atom. The van der Waals surface area contributed by atoms with Gasteiger partial charge in [-0.15, -0.1) is 0 Å². The van der Waals surface area contributed by atoms with Crippen LogP contribution < -0.4 is 15.8 Å². The van der Waals surface area contributed by atoms with Crippen molar-refractivity contribution in [1.29, 1.82) is 0 Å². The lowest BCUT2D eigenvalue weighted by molar-refractivity contribution is 0.403. The van der Waals surface area contributed by atoms with Crippen LogP contribution in [0.3, 0.4) is 0 Å². The molecule has 3 nitrogen and oxygen atoms in total. The van der Waals surface area contributed by atoms with E-state index in [2.05, 4.69) is 5.32 Å². The van der Waals surface area contributed by atoms with Crippen molar-refractivity contribution in [2.24, 2.45) is 5.73 Å². The topological polar surface area (TPSA) is 47.3 Å². The van der Waals surface area contributed by atoms with E-state index in [4.69, 9.17) is 22.1 Å². The molecule has 0 amide bonds. The first-order valence-corrected chi connectivity index (χ1v) is 6.44. The number of anilines is 1. The Morgan fingerprint density at radius 3 is 2.76 bits per heavy atom. The van der Waals surface area contributed by atoms with Crippen molar-refractivity contribution in [3.63, 3.8) is 0 Å². The SMILES string of the molecule is COc1ccc(N[C@H]2CCCC[C@@H]2N)cc1Cl. The molecule has 0 spiro atoms. The highest BCUT2D eigenvalue weighted by Gasteiger charge is 2.21.